The summed E-state index contributed by atoms with van der Waals surface area (Å²) in [6.07, 6.45) is 0.533. The first-order valence-electron chi connectivity index (χ1n) is 5.10. The maximum atomic E-state index is 12.6. The lowest BCUT2D eigenvalue weighted by molar-refractivity contribution is -0.0690. The van der Waals surface area contributed by atoms with Crippen molar-refractivity contribution in [1.82, 2.24) is 4.90 Å². The van der Waals surface area contributed by atoms with Crippen molar-refractivity contribution in [2.45, 2.75) is 45.6 Å². The third kappa shape index (κ3) is 4.05. The molecule has 1 saturated heterocycles. The van der Waals surface area contributed by atoms with Crippen LogP contribution in [0.1, 0.15) is 27.2 Å². The van der Waals surface area contributed by atoms with Gasteiger partial charge in [-0.05, 0) is 27.2 Å². The number of halogens is 1. The van der Waals surface area contributed by atoms with E-state index in [1.54, 1.807) is 6.92 Å². The normalized spacial score (nSPS) is 33.2. The maximum absolute atomic E-state index is 12.6. The van der Waals surface area contributed by atoms with E-state index < -0.39 is 6.17 Å². The Bertz CT molecular complexity index is 142. The van der Waals surface area contributed by atoms with Gasteiger partial charge < -0.3 is 4.74 Å². The summed E-state index contributed by atoms with van der Waals surface area (Å²) in [5.41, 5.74) is 0. The van der Waals surface area contributed by atoms with Gasteiger partial charge in [0.2, 0.25) is 0 Å². The van der Waals surface area contributed by atoms with Gasteiger partial charge in [0.05, 0.1) is 18.4 Å². The second-order valence-corrected chi connectivity index (χ2v) is 4.09. The van der Waals surface area contributed by atoms with Crippen LogP contribution in [0, 0.1) is 0 Å². The topological polar surface area (TPSA) is 12.5 Å². The lowest BCUT2D eigenvalue weighted by atomic mass is 10.2. The minimum atomic E-state index is -0.687. The molecule has 13 heavy (non-hydrogen) atoms. The first kappa shape index (κ1) is 10.9. The molecule has 3 unspecified atom stereocenters. The lowest BCUT2D eigenvalue weighted by Gasteiger charge is -2.35. The Balaban J connectivity index is 2.25. The molecule has 0 saturated carbocycles. The predicted molar refractivity (Wildman–Crippen MR) is 51.6 cm³/mol. The molecule has 0 amide bonds. The van der Waals surface area contributed by atoms with E-state index in [-0.39, 0.29) is 0 Å². The van der Waals surface area contributed by atoms with E-state index in [1.807, 2.05) is 0 Å². The second-order valence-electron chi connectivity index (χ2n) is 4.09. The highest BCUT2D eigenvalue weighted by Crippen LogP contribution is 2.11. The molecule has 0 aromatic carbocycles. The van der Waals surface area contributed by atoms with Crippen LogP contribution in [0.25, 0.3) is 0 Å². The highest BCUT2D eigenvalue weighted by molar-refractivity contribution is 4.73. The van der Waals surface area contributed by atoms with Gasteiger partial charge in [-0.3, -0.25) is 4.90 Å². The molecule has 0 radical (unpaired) electrons. The molecule has 78 valence electrons. The van der Waals surface area contributed by atoms with Crippen LogP contribution in [0.15, 0.2) is 0 Å². The van der Waals surface area contributed by atoms with E-state index in [2.05, 4.69) is 18.7 Å². The molecule has 3 atom stereocenters. The molecule has 0 N–H and O–H groups in total. The van der Waals surface area contributed by atoms with E-state index in [0.717, 1.165) is 19.6 Å². The molecule has 0 spiro atoms. The first-order valence-corrected chi connectivity index (χ1v) is 5.10. The summed E-state index contributed by atoms with van der Waals surface area (Å²) in [4.78, 5) is 2.29. The van der Waals surface area contributed by atoms with Gasteiger partial charge in [0, 0.05) is 19.6 Å². The maximum Gasteiger partial charge on any atom is 0.0985 e. The van der Waals surface area contributed by atoms with E-state index in [0.29, 0.717) is 18.6 Å². The van der Waals surface area contributed by atoms with Crippen LogP contribution in [-0.4, -0.2) is 42.9 Å². The molecule has 0 aromatic heterocycles. The Hall–Kier alpha value is -0.150. The molecule has 0 bridgehead atoms. The molecule has 0 aromatic rings. The monoisotopic (exact) mass is 189 g/mol. The molecular weight excluding hydrogens is 169 g/mol. The standard InChI is InChI=1S/C10H20FNO/c1-8(11)4-5-12-6-9(2)13-10(3)7-12/h8-10H,4-7H2,1-3H3. The largest absolute Gasteiger partial charge is 0.373 e. The zero-order chi connectivity index (χ0) is 9.84. The molecule has 1 aliphatic heterocycles. The molecule has 2 nitrogen and oxygen atoms in total. The van der Waals surface area contributed by atoms with Gasteiger partial charge in [0.15, 0.2) is 0 Å². The van der Waals surface area contributed by atoms with Crippen molar-refractivity contribution in [1.29, 1.82) is 0 Å². The summed E-state index contributed by atoms with van der Waals surface area (Å²) in [5, 5.41) is 0. The van der Waals surface area contributed by atoms with Gasteiger partial charge in [-0.25, -0.2) is 4.39 Å². The smallest absolute Gasteiger partial charge is 0.0985 e. The zero-order valence-corrected chi connectivity index (χ0v) is 8.79. The van der Waals surface area contributed by atoms with Crippen LogP contribution in [0.3, 0.4) is 0 Å². The lowest BCUT2D eigenvalue weighted by Crippen LogP contribution is -2.45. The van der Waals surface area contributed by atoms with Gasteiger partial charge >= 0.3 is 0 Å². The number of hydrogen-bond donors (Lipinski definition) is 0. The molecule has 1 heterocycles. The van der Waals surface area contributed by atoms with Crippen molar-refractivity contribution in [3.8, 4) is 0 Å². The van der Waals surface area contributed by atoms with Crippen molar-refractivity contribution >= 4 is 0 Å². The van der Waals surface area contributed by atoms with Crippen molar-refractivity contribution in [3.05, 3.63) is 0 Å². The molecule has 1 fully saturated rings. The van der Waals surface area contributed by atoms with Crippen molar-refractivity contribution < 1.29 is 9.13 Å². The fourth-order valence-electron chi connectivity index (χ4n) is 1.83. The summed E-state index contributed by atoms with van der Waals surface area (Å²) < 4.78 is 18.2. The Labute approximate surface area is 80.1 Å². The number of hydrogen-bond acceptors (Lipinski definition) is 2. The zero-order valence-electron chi connectivity index (χ0n) is 8.79. The minimum Gasteiger partial charge on any atom is -0.373 e. The molecule has 1 rings (SSSR count). The average molecular weight is 189 g/mol. The van der Waals surface area contributed by atoms with Crippen LogP contribution >= 0.6 is 0 Å². The second kappa shape index (κ2) is 4.91. The molecule has 0 aliphatic carbocycles. The third-order valence-corrected chi connectivity index (χ3v) is 2.34. The summed E-state index contributed by atoms with van der Waals surface area (Å²) >= 11 is 0. The number of nitrogens with zero attached hydrogens (tertiary/aromatic N) is 1. The van der Waals surface area contributed by atoms with E-state index in [1.165, 1.54) is 0 Å². The molecule has 1 aliphatic rings. The average Bonchev–Trinajstić information content (AvgIpc) is 1.99. The van der Waals surface area contributed by atoms with Crippen LogP contribution < -0.4 is 0 Å². The van der Waals surface area contributed by atoms with E-state index in [4.69, 9.17) is 4.74 Å². The number of rotatable bonds is 3. The van der Waals surface area contributed by atoms with Crippen LogP contribution in [0.2, 0.25) is 0 Å². The number of alkyl halides is 1. The molecule has 3 heteroatoms. The minimum absolute atomic E-state index is 0.290. The highest BCUT2D eigenvalue weighted by atomic mass is 19.1. The van der Waals surface area contributed by atoms with Gasteiger partial charge in [-0.15, -0.1) is 0 Å². The Morgan fingerprint density at radius 3 is 2.38 bits per heavy atom. The Morgan fingerprint density at radius 2 is 1.92 bits per heavy atom. The van der Waals surface area contributed by atoms with E-state index in [9.17, 15) is 4.39 Å². The summed E-state index contributed by atoms with van der Waals surface area (Å²) in [6, 6.07) is 0. The molecular formula is C10H20FNO. The van der Waals surface area contributed by atoms with Gasteiger partial charge in [-0.1, -0.05) is 0 Å². The summed E-state index contributed by atoms with van der Waals surface area (Å²) in [6.45, 7) is 8.50. The van der Waals surface area contributed by atoms with Crippen molar-refractivity contribution in [2.24, 2.45) is 0 Å². The van der Waals surface area contributed by atoms with Crippen LogP contribution in [-0.2, 0) is 4.74 Å². The van der Waals surface area contributed by atoms with Gasteiger partial charge in [-0.2, -0.15) is 0 Å². The fourth-order valence-corrected chi connectivity index (χ4v) is 1.83. The number of morpholine rings is 1. The van der Waals surface area contributed by atoms with Crippen molar-refractivity contribution in [3.63, 3.8) is 0 Å². The van der Waals surface area contributed by atoms with Crippen LogP contribution in [0.5, 0.6) is 0 Å². The highest BCUT2D eigenvalue weighted by Gasteiger charge is 2.21. The Kier molecular flexibility index (Phi) is 4.13. The first-order chi connectivity index (χ1) is 6.08. The van der Waals surface area contributed by atoms with E-state index >= 15 is 0 Å². The van der Waals surface area contributed by atoms with Gasteiger partial charge in [0.25, 0.3) is 0 Å². The number of ether oxygens (including phenoxy) is 1. The van der Waals surface area contributed by atoms with Crippen LogP contribution in [0.4, 0.5) is 4.39 Å². The third-order valence-electron chi connectivity index (χ3n) is 2.34. The summed E-state index contributed by atoms with van der Waals surface area (Å²) in [7, 11) is 0. The Morgan fingerprint density at radius 1 is 1.38 bits per heavy atom. The SMILES string of the molecule is CC(F)CCN1CC(C)OC(C)C1. The fraction of sp³-hybridized carbons (Fsp3) is 1.00. The predicted octanol–water partition coefficient (Wildman–Crippen LogP) is 1.84. The quantitative estimate of drug-likeness (QED) is 0.671. The van der Waals surface area contributed by atoms with Gasteiger partial charge in [0.1, 0.15) is 0 Å². The summed E-state index contributed by atoms with van der Waals surface area (Å²) in [5.74, 6) is 0. The van der Waals surface area contributed by atoms with Crippen molar-refractivity contribution in [2.75, 3.05) is 19.6 Å².